The van der Waals surface area contributed by atoms with Crippen molar-refractivity contribution < 1.29 is 24.0 Å². The Bertz CT molecular complexity index is 680. The average Bonchev–Trinajstić information content (AvgIpc) is 2.72. The number of hydrogen-bond acceptors (Lipinski definition) is 7. The number of carbonyl (C=O) groups excluding carboxylic acids is 2. The van der Waals surface area contributed by atoms with Crippen LogP contribution < -0.4 is 0 Å². The molecule has 1 rings (SSSR count). The molecule has 8 heteroatoms. The molecule has 0 amide bonds. The molecule has 0 bridgehead atoms. The lowest BCUT2D eigenvalue weighted by molar-refractivity contribution is -0.385. The minimum absolute atomic E-state index is 0.00908. The molecule has 0 aromatic heterocycles. The third-order valence-corrected chi connectivity index (χ3v) is 5.59. The highest BCUT2D eigenvalue weighted by Gasteiger charge is 2.21. The number of ether oxygens (including phenoxy) is 2. The molecule has 0 radical (unpaired) electrons. The highest BCUT2D eigenvalue weighted by Crippen LogP contribution is 2.27. The Labute approximate surface area is 183 Å². The predicted molar refractivity (Wildman–Crippen MR) is 118 cm³/mol. The highest BCUT2D eigenvalue weighted by molar-refractivity contribution is 7.99. The minimum atomic E-state index is -0.658. The summed E-state index contributed by atoms with van der Waals surface area (Å²) >= 11 is 1.60. The van der Waals surface area contributed by atoms with Gasteiger partial charge in [0.2, 0.25) is 0 Å². The molecule has 1 aromatic rings. The second-order valence-corrected chi connectivity index (χ2v) is 8.06. The minimum Gasteiger partial charge on any atom is -0.466 e. The fourth-order valence-electron chi connectivity index (χ4n) is 2.99. The van der Waals surface area contributed by atoms with Gasteiger partial charge in [0.25, 0.3) is 5.69 Å². The Morgan fingerprint density at radius 1 is 0.933 bits per heavy atom. The van der Waals surface area contributed by atoms with Gasteiger partial charge < -0.3 is 9.47 Å². The van der Waals surface area contributed by atoms with Crippen molar-refractivity contribution in [1.82, 2.24) is 0 Å². The van der Waals surface area contributed by atoms with E-state index < -0.39 is 10.9 Å². The van der Waals surface area contributed by atoms with Crippen LogP contribution in [0, 0.1) is 10.1 Å². The number of nitro benzene ring substituents is 1. The van der Waals surface area contributed by atoms with Gasteiger partial charge in [-0.05, 0) is 44.6 Å². The van der Waals surface area contributed by atoms with Gasteiger partial charge in [-0.2, -0.15) is 0 Å². The Morgan fingerprint density at radius 3 is 2.13 bits per heavy atom. The fourth-order valence-corrected chi connectivity index (χ4v) is 3.94. The zero-order chi connectivity index (χ0) is 22.2. The van der Waals surface area contributed by atoms with Crippen molar-refractivity contribution in [2.24, 2.45) is 0 Å². The van der Waals surface area contributed by atoms with Gasteiger partial charge in [-0.1, -0.05) is 38.5 Å². The number of benzene rings is 1. The van der Waals surface area contributed by atoms with Gasteiger partial charge in [-0.25, -0.2) is 4.79 Å². The number of rotatable bonds is 16. The third kappa shape index (κ3) is 10.6. The van der Waals surface area contributed by atoms with Crippen LogP contribution in [-0.4, -0.2) is 35.8 Å². The number of thioether (sulfide) groups is 1. The highest BCUT2D eigenvalue weighted by atomic mass is 32.2. The number of hydrogen-bond donors (Lipinski definition) is 0. The lowest BCUT2D eigenvalue weighted by Crippen LogP contribution is -2.08. The van der Waals surface area contributed by atoms with Crippen LogP contribution in [0.4, 0.5) is 5.69 Å². The van der Waals surface area contributed by atoms with Gasteiger partial charge in [0.15, 0.2) is 0 Å². The summed E-state index contributed by atoms with van der Waals surface area (Å²) in [6.07, 6.45) is 9.37. The summed E-state index contributed by atoms with van der Waals surface area (Å²) in [5, 5.41) is 11.1. The van der Waals surface area contributed by atoms with E-state index in [0.29, 0.717) is 13.0 Å². The van der Waals surface area contributed by atoms with Crippen LogP contribution in [-0.2, 0) is 14.3 Å². The topological polar surface area (TPSA) is 95.7 Å². The van der Waals surface area contributed by atoms with E-state index in [9.17, 15) is 19.7 Å². The number of esters is 2. The maximum Gasteiger partial charge on any atom is 0.345 e. The summed E-state index contributed by atoms with van der Waals surface area (Å²) in [6, 6.07) is 4.61. The normalized spacial score (nSPS) is 10.6. The predicted octanol–water partition coefficient (Wildman–Crippen LogP) is 5.94. The van der Waals surface area contributed by atoms with Gasteiger partial charge in [-0.3, -0.25) is 14.9 Å². The summed E-state index contributed by atoms with van der Waals surface area (Å²) in [5.41, 5.74) is -0.213. The Balaban J connectivity index is 2.19. The molecule has 168 valence electrons. The first-order valence-corrected chi connectivity index (χ1v) is 11.7. The average molecular weight is 440 g/mol. The van der Waals surface area contributed by atoms with Crippen LogP contribution in [0.25, 0.3) is 0 Å². The van der Waals surface area contributed by atoms with Gasteiger partial charge in [0, 0.05) is 17.4 Å². The van der Waals surface area contributed by atoms with E-state index in [1.165, 1.54) is 25.3 Å². The summed E-state index contributed by atoms with van der Waals surface area (Å²) in [6.45, 7) is 4.13. The molecule has 0 fully saturated rings. The van der Waals surface area contributed by atoms with Crippen LogP contribution in [0.2, 0.25) is 0 Å². The maximum atomic E-state index is 12.0. The zero-order valence-corrected chi connectivity index (χ0v) is 18.8. The molecule has 0 N–H and O–H groups in total. The van der Waals surface area contributed by atoms with Crippen LogP contribution in [0.1, 0.15) is 82.0 Å². The van der Waals surface area contributed by atoms with Crippen LogP contribution in [0.15, 0.2) is 23.1 Å². The standard InChI is InChI=1S/C22H33NO6S/c1-3-28-21(24)13-11-9-7-5-6-8-10-12-16-30-18-14-15-20(23(26)27)19(17-18)22(25)29-4-2/h14-15,17H,3-13,16H2,1-2H3. The van der Waals surface area contributed by atoms with Gasteiger partial charge >= 0.3 is 11.9 Å². The molecule has 7 nitrogen and oxygen atoms in total. The number of carbonyl (C=O) groups is 2. The molecule has 30 heavy (non-hydrogen) atoms. The molecule has 0 aliphatic heterocycles. The maximum absolute atomic E-state index is 12.0. The van der Waals surface area contributed by atoms with Gasteiger partial charge in [0.1, 0.15) is 5.56 Å². The Kier molecular flexibility index (Phi) is 13.6. The number of unbranched alkanes of at least 4 members (excludes halogenated alkanes) is 7. The molecule has 0 atom stereocenters. The van der Waals surface area contributed by atoms with E-state index >= 15 is 0 Å². The SMILES string of the molecule is CCOC(=O)CCCCCCCCCCSc1ccc([N+](=O)[O-])c(C(=O)OCC)c1. The fraction of sp³-hybridized carbons (Fsp3) is 0.636. The molecule has 0 unspecified atom stereocenters. The molecule has 0 aliphatic carbocycles. The van der Waals surface area contributed by atoms with Crippen LogP contribution >= 0.6 is 11.8 Å². The lowest BCUT2D eigenvalue weighted by Gasteiger charge is -2.06. The first-order chi connectivity index (χ1) is 14.5. The van der Waals surface area contributed by atoms with Crippen LogP contribution in [0.3, 0.4) is 0 Å². The van der Waals surface area contributed by atoms with E-state index in [-0.39, 0.29) is 23.8 Å². The monoisotopic (exact) mass is 439 g/mol. The number of nitro groups is 1. The lowest BCUT2D eigenvalue weighted by atomic mass is 10.1. The molecule has 0 saturated carbocycles. The number of nitrogens with zero attached hydrogens (tertiary/aromatic N) is 1. The van der Waals surface area contributed by atoms with E-state index in [0.717, 1.165) is 42.8 Å². The first-order valence-electron chi connectivity index (χ1n) is 10.7. The summed E-state index contributed by atoms with van der Waals surface area (Å²) in [5.74, 6) is 0.144. The van der Waals surface area contributed by atoms with Crippen molar-refractivity contribution in [3.05, 3.63) is 33.9 Å². The molecule has 0 heterocycles. The van der Waals surface area contributed by atoms with Crippen LogP contribution in [0.5, 0.6) is 0 Å². The van der Waals surface area contributed by atoms with E-state index in [4.69, 9.17) is 9.47 Å². The molecule has 0 aliphatic rings. The van der Waals surface area contributed by atoms with Gasteiger partial charge in [-0.15, -0.1) is 11.8 Å². The first kappa shape index (κ1) is 25.9. The summed E-state index contributed by atoms with van der Waals surface area (Å²) < 4.78 is 9.83. The summed E-state index contributed by atoms with van der Waals surface area (Å²) in [4.78, 5) is 34.6. The molecular weight excluding hydrogens is 406 g/mol. The van der Waals surface area contributed by atoms with E-state index in [2.05, 4.69) is 0 Å². The van der Waals surface area contributed by atoms with Crippen molar-refractivity contribution in [2.75, 3.05) is 19.0 Å². The van der Waals surface area contributed by atoms with Crippen molar-refractivity contribution in [3.63, 3.8) is 0 Å². The smallest absolute Gasteiger partial charge is 0.345 e. The molecule has 0 spiro atoms. The van der Waals surface area contributed by atoms with Crippen molar-refractivity contribution >= 4 is 29.4 Å². The molecular formula is C22H33NO6S. The van der Waals surface area contributed by atoms with Crippen molar-refractivity contribution in [2.45, 2.75) is 76.5 Å². The quantitative estimate of drug-likeness (QED) is 0.103. The van der Waals surface area contributed by atoms with E-state index in [1.54, 1.807) is 30.8 Å². The largest absolute Gasteiger partial charge is 0.466 e. The third-order valence-electron chi connectivity index (χ3n) is 4.51. The second kappa shape index (κ2) is 15.7. The zero-order valence-electron chi connectivity index (χ0n) is 18.0. The molecule has 0 saturated heterocycles. The van der Waals surface area contributed by atoms with Crippen molar-refractivity contribution in [3.8, 4) is 0 Å². The van der Waals surface area contributed by atoms with E-state index in [1.807, 2.05) is 6.92 Å². The second-order valence-electron chi connectivity index (χ2n) is 6.89. The Hall–Kier alpha value is -2.09. The summed E-state index contributed by atoms with van der Waals surface area (Å²) in [7, 11) is 0. The van der Waals surface area contributed by atoms with Gasteiger partial charge in [0.05, 0.1) is 18.1 Å². The molecule has 1 aromatic carbocycles. The Morgan fingerprint density at radius 2 is 1.53 bits per heavy atom. The van der Waals surface area contributed by atoms with Crippen molar-refractivity contribution in [1.29, 1.82) is 0 Å².